The van der Waals surface area contributed by atoms with E-state index in [0.717, 1.165) is 26.1 Å². The Kier molecular flexibility index (Phi) is 5.27. The molecule has 2 nitrogen and oxygen atoms in total. The topological polar surface area (TPSA) is 15.3 Å². The number of alkyl halides is 3. The van der Waals surface area contributed by atoms with Crippen LogP contribution >= 0.6 is 0 Å². The van der Waals surface area contributed by atoms with Crippen LogP contribution in [0.25, 0.3) is 0 Å². The molecule has 1 aliphatic heterocycles. The minimum Gasteiger partial charge on any atom is -0.315 e. The predicted octanol–water partition coefficient (Wildman–Crippen LogP) is 3.53. The lowest BCUT2D eigenvalue weighted by atomic mass is 10.0. The van der Waals surface area contributed by atoms with Gasteiger partial charge in [-0.3, -0.25) is 4.90 Å². The second-order valence-corrected chi connectivity index (χ2v) is 6.12. The molecule has 2 rings (SSSR count). The number of benzene rings is 1. The normalized spacial score (nSPS) is 19.7. The zero-order valence-corrected chi connectivity index (χ0v) is 12.6. The fourth-order valence-corrected chi connectivity index (χ4v) is 2.92. The summed E-state index contributed by atoms with van der Waals surface area (Å²) in [5, 5.41) is 3.29. The maximum atomic E-state index is 13.1. The summed E-state index contributed by atoms with van der Waals surface area (Å²) in [5.41, 5.74) is -0.137. The van der Waals surface area contributed by atoms with Crippen LogP contribution in [0.1, 0.15) is 31.4 Å². The van der Waals surface area contributed by atoms with E-state index < -0.39 is 11.7 Å². The highest BCUT2D eigenvalue weighted by atomic mass is 19.4. The molecule has 0 radical (unpaired) electrons. The van der Waals surface area contributed by atoms with E-state index in [9.17, 15) is 13.2 Å². The minimum atomic E-state index is -4.28. The fraction of sp³-hybridized carbons (Fsp3) is 0.625. The average molecular weight is 300 g/mol. The Labute approximate surface area is 124 Å². The Morgan fingerprint density at radius 2 is 2.00 bits per heavy atom. The summed E-state index contributed by atoms with van der Waals surface area (Å²) < 4.78 is 39.3. The summed E-state index contributed by atoms with van der Waals surface area (Å²) >= 11 is 0. The summed E-state index contributed by atoms with van der Waals surface area (Å²) in [7, 11) is 0. The first kappa shape index (κ1) is 16.3. The Morgan fingerprint density at radius 3 is 2.57 bits per heavy atom. The lowest BCUT2D eigenvalue weighted by molar-refractivity contribution is -0.138. The van der Waals surface area contributed by atoms with Crippen LogP contribution in [0.5, 0.6) is 0 Å². The van der Waals surface area contributed by atoms with Gasteiger partial charge < -0.3 is 5.32 Å². The lowest BCUT2D eigenvalue weighted by Crippen LogP contribution is -2.39. The van der Waals surface area contributed by atoms with Crippen LogP contribution in [-0.2, 0) is 12.7 Å². The van der Waals surface area contributed by atoms with Gasteiger partial charge >= 0.3 is 6.18 Å². The van der Waals surface area contributed by atoms with Crippen LogP contribution in [0.15, 0.2) is 24.3 Å². The molecule has 1 aromatic carbocycles. The molecule has 0 aliphatic carbocycles. The van der Waals surface area contributed by atoms with E-state index in [0.29, 0.717) is 24.1 Å². The van der Waals surface area contributed by atoms with Crippen LogP contribution in [0.2, 0.25) is 0 Å². The summed E-state index contributed by atoms with van der Waals surface area (Å²) in [6.45, 7) is 7.19. The van der Waals surface area contributed by atoms with Gasteiger partial charge in [-0.15, -0.1) is 0 Å². The van der Waals surface area contributed by atoms with Crippen molar-refractivity contribution in [3.05, 3.63) is 35.4 Å². The monoisotopic (exact) mass is 300 g/mol. The molecule has 0 aromatic heterocycles. The minimum absolute atomic E-state index is 0.327. The summed E-state index contributed by atoms with van der Waals surface area (Å²) in [5.74, 6) is 0.434. The summed E-state index contributed by atoms with van der Waals surface area (Å²) in [6.07, 6.45) is -3.28. The third kappa shape index (κ3) is 4.45. The molecule has 1 heterocycles. The molecule has 5 heteroatoms. The Morgan fingerprint density at radius 1 is 1.29 bits per heavy atom. The van der Waals surface area contributed by atoms with E-state index in [-0.39, 0.29) is 0 Å². The Balaban J connectivity index is 2.20. The van der Waals surface area contributed by atoms with E-state index in [4.69, 9.17) is 0 Å². The Hall–Kier alpha value is -1.07. The van der Waals surface area contributed by atoms with Gasteiger partial charge in [0, 0.05) is 25.7 Å². The van der Waals surface area contributed by atoms with Crippen molar-refractivity contribution in [3.63, 3.8) is 0 Å². The first-order valence-electron chi connectivity index (χ1n) is 7.48. The third-order valence-corrected chi connectivity index (χ3v) is 3.85. The molecular formula is C16H23F3N2. The van der Waals surface area contributed by atoms with Crippen LogP contribution in [0, 0.1) is 5.92 Å². The molecule has 118 valence electrons. The van der Waals surface area contributed by atoms with Crippen molar-refractivity contribution in [2.24, 2.45) is 5.92 Å². The standard InChI is InChI=1S/C16H23F3N2/c1-12(2)10-21(14-7-8-20-9-14)11-13-5-3-4-6-15(13)16(17,18)19/h3-6,12,14,20H,7-11H2,1-2H3/t14-/m1/s1. The molecule has 1 fully saturated rings. The first-order chi connectivity index (χ1) is 9.88. The van der Waals surface area contributed by atoms with Crippen LogP contribution in [0.4, 0.5) is 13.2 Å². The molecule has 1 N–H and O–H groups in total. The Bertz CT molecular complexity index is 451. The van der Waals surface area contributed by atoms with Crippen LogP contribution in [0.3, 0.4) is 0 Å². The quantitative estimate of drug-likeness (QED) is 0.895. The van der Waals surface area contributed by atoms with E-state index in [2.05, 4.69) is 24.1 Å². The van der Waals surface area contributed by atoms with Gasteiger partial charge in [0.25, 0.3) is 0 Å². The number of hydrogen-bond acceptors (Lipinski definition) is 2. The van der Waals surface area contributed by atoms with Crippen molar-refractivity contribution < 1.29 is 13.2 Å². The molecular weight excluding hydrogens is 277 g/mol. The number of hydrogen-bond donors (Lipinski definition) is 1. The number of halogens is 3. The number of nitrogens with zero attached hydrogens (tertiary/aromatic N) is 1. The van der Waals surface area contributed by atoms with Crippen LogP contribution < -0.4 is 5.32 Å². The molecule has 21 heavy (non-hydrogen) atoms. The molecule has 1 aliphatic rings. The van der Waals surface area contributed by atoms with E-state index in [1.165, 1.54) is 12.1 Å². The maximum Gasteiger partial charge on any atom is 0.416 e. The molecule has 0 unspecified atom stereocenters. The van der Waals surface area contributed by atoms with Crippen molar-refractivity contribution in [2.45, 2.75) is 39.0 Å². The van der Waals surface area contributed by atoms with Gasteiger partial charge in [0.15, 0.2) is 0 Å². The SMILES string of the molecule is CC(C)CN(Cc1ccccc1C(F)(F)F)[C@@H]1CCNC1. The van der Waals surface area contributed by atoms with Crippen LogP contribution in [-0.4, -0.2) is 30.6 Å². The van der Waals surface area contributed by atoms with Gasteiger partial charge in [-0.05, 0) is 30.5 Å². The predicted molar refractivity (Wildman–Crippen MR) is 78.0 cm³/mol. The average Bonchev–Trinajstić information content (AvgIpc) is 2.90. The van der Waals surface area contributed by atoms with Crippen molar-refractivity contribution in [3.8, 4) is 0 Å². The highest BCUT2D eigenvalue weighted by molar-refractivity contribution is 5.29. The molecule has 0 amide bonds. The van der Waals surface area contributed by atoms with Gasteiger partial charge in [0.2, 0.25) is 0 Å². The second kappa shape index (κ2) is 6.79. The van der Waals surface area contributed by atoms with Crippen molar-refractivity contribution in [1.82, 2.24) is 10.2 Å². The van der Waals surface area contributed by atoms with Gasteiger partial charge in [0.1, 0.15) is 0 Å². The maximum absolute atomic E-state index is 13.1. The second-order valence-electron chi connectivity index (χ2n) is 6.12. The third-order valence-electron chi connectivity index (χ3n) is 3.85. The fourth-order valence-electron chi connectivity index (χ4n) is 2.92. The van der Waals surface area contributed by atoms with E-state index in [1.807, 2.05) is 0 Å². The van der Waals surface area contributed by atoms with Gasteiger partial charge in [-0.1, -0.05) is 32.0 Å². The zero-order valence-electron chi connectivity index (χ0n) is 12.6. The summed E-state index contributed by atoms with van der Waals surface area (Å²) in [6, 6.07) is 6.24. The lowest BCUT2D eigenvalue weighted by Gasteiger charge is -2.31. The first-order valence-corrected chi connectivity index (χ1v) is 7.48. The summed E-state index contributed by atoms with van der Waals surface area (Å²) in [4.78, 5) is 2.19. The van der Waals surface area contributed by atoms with Crippen molar-refractivity contribution in [1.29, 1.82) is 0 Å². The van der Waals surface area contributed by atoms with Crippen molar-refractivity contribution >= 4 is 0 Å². The largest absolute Gasteiger partial charge is 0.416 e. The van der Waals surface area contributed by atoms with Gasteiger partial charge in [-0.2, -0.15) is 13.2 Å². The van der Waals surface area contributed by atoms with Crippen molar-refractivity contribution in [2.75, 3.05) is 19.6 Å². The molecule has 1 atom stereocenters. The molecule has 0 saturated carbocycles. The zero-order chi connectivity index (χ0) is 15.5. The molecule has 0 spiro atoms. The molecule has 1 saturated heterocycles. The highest BCUT2D eigenvalue weighted by Crippen LogP contribution is 2.32. The number of nitrogens with one attached hydrogen (secondary N) is 1. The highest BCUT2D eigenvalue weighted by Gasteiger charge is 2.34. The van der Waals surface area contributed by atoms with E-state index in [1.54, 1.807) is 12.1 Å². The van der Waals surface area contributed by atoms with Gasteiger partial charge in [0.05, 0.1) is 5.56 Å². The molecule has 1 aromatic rings. The smallest absolute Gasteiger partial charge is 0.315 e. The van der Waals surface area contributed by atoms with E-state index >= 15 is 0 Å². The number of rotatable bonds is 5. The molecule has 0 bridgehead atoms. The van der Waals surface area contributed by atoms with Gasteiger partial charge in [-0.25, -0.2) is 0 Å².